The summed E-state index contributed by atoms with van der Waals surface area (Å²) in [6, 6.07) is 11.6. The number of hydrogen-bond acceptors (Lipinski definition) is 1. The van der Waals surface area contributed by atoms with Crippen molar-refractivity contribution in [2.75, 3.05) is 6.54 Å². The summed E-state index contributed by atoms with van der Waals surface area (Å²) in [7, 11) is 0. The molecule has 1 aromatic carbocycles. The fraction of sp³-hybridized carbons (Fsp3) is 0.647. The van der Waals surface area contributed by atoms with Crippen LogP contribution in [0.15, 0.2) is 30.3 Å². The molecule has 1 saturated carbocycles. The summed E-state index contributed by atoms with van der Waals surface area (Å²) in [6.45, 7) is 8.09. The van der Waals surface area contributed by atoms with Gasteiger partial charge in [0.25, 0.3) is 0 Å². The van der Waals surface area contributed by atoms with Gasteiger partial charge in [-0.2, -0.15) is 0 Å². The van der Waals surface area contributed by atoms with E-state index in [0.29, 0.717) is 17.9 Å². The lowest BCUT2D eigenvalue weighted by atomic mass is 9.88. The molecule has 2 rings (SSSR count). The van der Waals surface area contributed by atoms with E-state index < -0.39 is 0 Å². The third kappa shape index (κ3) is 4.13. The van der Waals surface area contributed by atoms with Gasteiger partial charge in [-0.3, -0.25) is 0 Å². The molecular weight excluding hydrogens is 218 g/mol. The topological polar surface area (TPSA) is 12.0 Å². The van der Waals surface area contributed by atoms with E-state index in [1.54, 1.807) is 0 Å². The molecule has 0 spiro atoms. The molecule has 0 saturated heterocycles. The van der Waals surface area contributed by atoms with Gasteiger partial charge in [0.05, 0.1) is 0 Å². The molecule has 0 amide bonds. The number of benzene rings is 1. The average molecular weight is 245 g/mol. The van der Waals surface area contributed by atoms with E-state index in [0.717, 1.165) is 12.5 Å². The van der Waals surface area contributed by atoms with Crippen LogP contribution in [-0.4, -0.2) is 12.6 Å². The predicted molar refractivity (Wildman–Crippen MR) is 78.8 cm³/mol. The summed E-state index contributed by atoms with van der Waals surface area (Å²) in [6.07, 6.45) is 4.27. The molecule has 0 heterocycles. The Labute approximate surface area is 112 Å². The van der Waals surface area contributed by atoms with Crippen LogP contribution in [0.25, 0.3) is 0 Å². The minimum atomic E-state index is 0.632. The second-order valence-electron chi connectivity index (χ2n) is 6.25. The molecule has 1 fully saturated rings. The van der Waals surface area contributed by atoms with E-state index in [4.69, 9.17) is 0 Å². The van der Waals surface area contributed by atoms with Crippen LogP contribution in [0, 0.1) is 11.8 Å². The zero-order chi connectivity index (χ0) is 13.0. The summed E-state index contributed by atoms with van der Waals surface area (Å²) in [5.74, 6) is 2.34. The summed E-state index contributed by atoms with van der Waals surface area (Å²) in [5.41, 5.74) is 1.47. The Morgan fingerprint density at radius 3 is 2.33 bits per heavy atom. The van der Waals surface area contributed by atoms with Gasteiger partial charge in [-0.25, -0.2) is 0 Å². The lowest BCUT2D eigenvalue weighted by Crippen LogP contribution is -2.32. The highest BCUT2D eigenvalue weighted by Crippen LogP contribution is 2.33. The van der Waals surface area contributed by atoms with Gasteiger partial charge in [0.2, 0.25) is 0 Å². The fourth-order valence-electron chi connectivity index (χ4n) is 2.70. The Hall–Kier alpha value is -0.820. The SMILES string of the molecule is CC(CC1CC1)NCC(c1ccccc1)C(C)C. The zero-order valence-electron chi connectivity index (χ0n) is 12.0. The van der Waals surface area contributed by atoms with Gasteiger partial charge in [0.1, 0.15) is 0 Å². The molecule has 1 aliphatic rings. The van der Waals surface area contributed by atoms with Gasteiger partial charge in [-0.05, 0) is 36.7 Å². The van der Waals surface area contributed by atoms with Crippen LogP contribution in [0.1, 0.15) is 51.5 Å². The van der Waals surface area contributed by atoms with Crippen LogP contribution < -0.4 is 5.32 Å². The van der Waals surface area contributed by atoms with Gasteiger partial charge in [0.15, 0.2) is 0 Å². The van der Waals surface area contributed by atoms with Crippen LogP contribution in [0.5, 0.6) is 0 Å². The lowest BCUT2D eigenvalue weighted by molar-refractivity contribution is 0.412. The van der Waals surface area contributed by atoms with E-state index in [-0.39, 0.29) is 0 Å². The van der Waals surface area contributed by atoms with Crippen molar-refractivity contribution >= 4 is 0 Å². The molecule has 1 N–H and O–H groups in total. The standard InChI is InChI=1S/C17H27N/c1-13(2)17(16-7-5-4-6-8-16)12-18-14(3)11-15-9-10-15/h4-8,13-15,17-18H,9-12H2,1-3H3. The monoisotopic (exact) mass is 245 g/mol. The molecule has 0 radical (unpaired) electrons. The van der Waals surface area contributed by atoms with E-state index in [1.807, 2.05) is 0 Å². The molecule has 0 aliphatic heterocycles. The van der Waals surface area contributed by atoms with E-state index >= 15 is 0 Å². The molecule has 0 bridgehead atoms. The predicted octanol–water partition coefficient (Wildman–Crippen LogP) is 4.20. The molecule has 0 aromatic heterocycles. The van der Waals surface area contributed by atoms with Gasteiger partial charge in [-0.1, -0.05) is 57.0 Å². The van der Waals surface area contributed by atoms with E-state index in [2.05, 4.69) is 56.4 Å². The Kier molecular flexibility index (Phi) is 4.82. The fourth-order valence-corrected chi connectivity index (χ4v) is 2.70. The number of rotatable bonds is 7. The minimum Gasteiger partial charge on any atom is -0.314 e. The van der Waals surface area contributed by atoms with Crippen LogP contribution >= 0.6 is 0 Å². The summed E-state index contributed by atoms with van der Waals surface area (Å²) in [4.78, 5) is 0. The molecule has 2 unspecified atom stereocenters. The molecular formula is C17H27N. The maximum Gasteiger partial charge on any atom is 0.00416 e. The van der Waals surface area contributed by atoms with Crippen LogP contribution in [0.2, 0.25) is 0 Å². The van der Waals surface area contributed by atoms with E-state index in [1.165, 1.54) is 24.8 Å². The van der Waals surface area contributed by atoms with Crippen molar-refractivity contribution < 1.29 is 0 Å². The highest BCUT2D eigenvalue weighted by Gasteiger charge is 2.24. The molecule has 100 valence electrons. The second-order valence-corrected chi connectivity index (χ2v) is 6.25. The van der Waals surface area contributed by atoms with Crippen LogP contribution in [0.3, 0.4) is 0 Å². The van der Waals surface area contributed by atoms with Crippen molar-refractivity contribution in [2.45, 2.75) is 52.0 Å². The van der Waals surface area contributed by atoms with Crippen molar-refractivity contribution in [2.24, 2.45) is 11.8 Å². The first kappa shape index (κ1) is 13.6. The normalized spacial score (nSPS) is 18.9. The first-order chi connectivity index (χ1) is 8.66. The summed E-state index contributed by atoms with van der Waals surface area (Å²) < 4.78 is 0. The maximum absolute atomic E-state index is 3.73. The Morgan fingerprint density at radius 2 is 1.78 bits per heavy atom. The van der Waals surface area contributed by atoms with Gasteiger partial charge >= 0.3 is 0 Å². The van der Waals surface area contributed by atoms with Gasteiger partial charge < -0.3 is 5.32 Å². The quantitative estimate of drug-likeness (QED) is 0.759. The van der Waals surface area contributed by atoms with Crippen molar-refractivity contribution in [3.8, 4) is 0 Å². The third-order valence-corrected chi connectivity index (χ3v) is 4.10. The van der Waals surface area contributed by atoms with E-state index in [9.17, 15) is 0 Å². The highest BCUT2D eigenvalue weighted by molar-refractivity contribution is 5.20. The number of nitrogens with one attached hydrogen (secondary N) is 1. The molecule has 1 aliphatic carbocycles. The first-order valence-corrected chi connectivity index (χ1v) is 7.45. The minimum absolute atomic E-state index is 0.632. The van der Waals surface area contributed by atoms with Crippen molar-refractivity contribution in [3.63, 3.8) is 0 Å². The zero-order valence-corrected chi connectivity index (χ0v) is 12.0. The molecule has 2 atom stereocenters. The largest absolute Gasteiger partial charge is 0.314 e. The third-order valence-electron chi connectivity index (χ3n) is 4.10. The van der Waals surface area contributed by atoms with Gasteiger partial charge in [-0.15, -0.1) is 0 Å². The molecule has 18 heavy (non-hydrogen) atoms. The summed E-state index contributed by atoms with van der Waals surface area (Å²) >= 11 is 0. The van der Waals surface area contributed by atoms with Crippen molar-refractivity contribution in [1.82, 2.24) is 5.32 Å². The Balaban J connectivity index is 1.86. The molecule has 1 heteroatoms. The first-order valence-electron chi connectivity index (χ1n) is 7.45. The highest BCUT2D eigenvalue weighted by atomic mass is 14.9. The number of hydrogen-bond donors (Lipinski definition) is 1. The average Bonchev–Trinajstić information content (AvgIpc) is 3.14. The smallest absolute Gasteiger partial charge is 0.00416 e. The van der Waals surface area contributed by atoms with Crippen molar-refractivity contribution in [3.05, 3.63) is 35.9 Å². The second kappa shape index (κ2) is 6.38. The Bertz CT molecular complexity index is 340. The molecule has 1 aromatic rings. The molecule has 1 nitrogen and oxygen atoms in total. The van der Waals surface area contributed by atoms with Crippen LogP contribution in [0.4, 0.5) is 0 Å². The van der Waals surface area contributed by atoms with Crippen LogP contribution in [-0.2, 0) is 0 Å². The Morgan fingerprint density at radius 1 is 1.11 bits per heavy atom. The van der Waals surface area contributed by atoms with Crippen molar-refractivity contribution in [1.29, 1.82) is 0 Å². The summed E-state index contributed by atoms with van der Waals surface area (Å²) in [5, 5.41) is 3.73. The maximum atomic E-state index is 3.73. The van der Waals surface area contributed by atoms with Gasteiger partial charge in [0, 0.05) is 12.6 Å². The lowest BCUT2D eigenvalue weighted by Gasteiger charge is -2.24.